The van der Waals surface area contributed by atoms with E-state index in [4.69, 9.17) is 0 Å². The molecule has 2 atom stereocenters. The highest BCUT2D eigenvalue weighted by Crippen LogP contribution is 2.27. The number of nitrogens with zero attached hydrogens (tertiary/aromatic N) is 3. The molecule has 2 unspecified atom stereocenters. The van der Waals surface area contributed by atoms with E-state index in [9.17, 15) is 9.59 Å². The van der Waals surface area contributed by atoms with E-state index in [1.165, 1.54) is 0 Å². The number of hydrogen-bond donors (Lipinski definition) is 2. The highest BCUT2D eigenvalue weighted by atomic mass is 16.2. The summed E-state index contributed by atoms with van der Waals surface area (Å²) < 4.78 is 2.04. The molecule has 0 fully saturated rings. The summed E-state index contributed by atoms with van der Waals surface area (Å²) in [5.74, 6) is 0.386. The average Bonchev–Trinajstić information content (AvgIpc) is 3.44. The van der Waals surface area contributed by atoms with Crippen molar-refractivity contribution < 1.29 is 9.59 Å². The fourth-order valence-electron chi connectivity index (χ4n) is 4.41. The number of imidazole rings is 1. The van der Waals surface area contributed by atoms with Crippen LogP contribution in [-0.2, 0) is 17.8 Å². The molecule has 2 heterocycles. The molecule has 0 saturated heterocycles. The van der Waals surface area contributed by atoms with E-state index in [2.05, 4.69) is 15.6 Å². The van der Waals surface area contributed by atoms with Gasteiger partial charge in [0.2, 0.25) is 11.9 Å². The van der Waals surface area contributed by atoms with E-state index in [1.54, 1.807) is 4.90 Å². The van der Waals surface area contributed by atoms with E-state index in [1.807, 2.05) is 96.4 Å². The van der Waals surface area contributed by atoms with Crippen molar-refractivity contribution in [2.24, 2.45) is 0 Å². The minimum absolute atomic E-state index is 0.181. The van der Waals surface area contributed by atoms with Gasteiger partial charge in [0.15, 0.2) is 0 Å². The number of anilines is 1. The lowest BCUT2D eigenvalue weighted by molar-refractivity contribution is -0.123. The van der Waals surface area contributed by atoms with Gasteiger partial charge in [0, 0.05) is 19.5 Å². The maximum Gasteiger partial charge on any atom is 0.324 e. The van der Waals surface area contributed by atoms with E-state index < -0.39 is 6.04 Å². The number of amides is 3. The number of para-hydroxylation sites is 2. The van der Waals surface area contributed by atoms with Gasteiger partial charge in [-0.05, 0) is 30.2 Å². The average molecular weight is 454 g/mol. The Morgan fingerprint density at radius 1 is 0.882 bits per heavy atom. The first-order valence-electron chi connectivity index (χ1n) is 11.5. The predicted octanol–water partition coefficient (Wildman–Crippen LogP) is 4.05. The molecule has 1 aromatic heterocycles. The van der Waals surface area contributed by atoms with Gasteiger partial charge in [0.25, 0.3) is 0 Å². The number of carbonyl (C=O) groups is 2. The Morgan fingerprint density at radius 3 is 2.32 bits per heavy atom. The third kappa shape index (κ3) is 4.37. The molecule has 4 aromatic rings. The van der Waals surface area contributed by atoms with Crippen molar-refractivity contribution in [1.82, 2.24) is 20.2 Å². The van der Waals surface area contributed by atoms with Crippen LogP contribution in [0, 0.1) is 0 Å². The van der Waals surface area contributed by atoms with Gasteiger partial charge in [0.1, 0.15) is 6.04 Å². The highest BCUT2D eigenvalue weighted by Gasteiger charge is 2.31. The number of carbonyl (C=O) groups excluding carboxylic acids is 2. The molecule has 5 rings (SSSR count). The van der Waals surface area contributed by atoms with E-state index in [0.29, 0.717) is 25.5 Å². The van der Waals surface area contributed by atoms with Gasteiger partial charge in [-0.3, -0.25) is 9.69 Å². The topological polar surface area (TPSA) is 79.3 Å². The Morgan fingerprint density at radius 2 is 1.56 bits per heavy atom. The first-order valence-corrected chi connectivity index (χ1v) is 11.5. The molecule has 3 aromatic carbocycles. The summed E-state index contributed by atoms with van der Waals surface area (Å²) in [6.07, 6.45) is 0.393. The molecular weight excluding hydrogens is 426 g/mol. The Hall–Kier alpha value is -4.13. The first kappa shape index (κ1) is 21.7. The summed E-state index contributed by atoms with van der Waals surface area (Å²) in [5, 5.41) is 6.03. The molecule has 1 aliphatic rings. The Labute approximate surface area is 198 Å². The van der Waals surface area contributed by atoms with Crippen LogP contribution in [0.15, 0.2) is 84.9 Å². The second-order valence-corrected chi connectivity index (χ2v) is 8.54. The number of urea groups is 1. The lowest BCUT2D eigenvalue weighted by Crippen LogP contribution is -2.52. The molecule has 0 radical (unpaired) electrons. The second kappa shape index (κ2) is 9.39. The minimum atomic E-state index is -0.723. The van der Waals surface area contributed by atoms with Crippen molar-refractivity contribution in [2.45, 2.75) is 32.0 Å². The van der Waals surface area contributed by atoms with Crippen molar-refractivity contribution in [1.29, 1.82) is 0 Å². The molecule has 7 heteroatoms. The van der Waals surface area contributed by atoms with Gasteiger partial charge >= 0.3 is 6.03 Å². The van der Waals surface area contributed by atoms with Crippen molar-refractivity contribution >= 4 is 28.9 Å². The van der Waals surface area contributed by atoms with Crippen molar-refractivity contribution in [3.63, 3.8) is 0 Å². The standard InChI is InChI=1S/C27H27N5O2/c1-19(21-12-6-3-7-13-21)28-25(33)23(18-20-10-4-2-5-11-20)30-27(34)32-17-16-31-24-15-9-8-14-22(24)29-26(31)32/h2-15,19,23H,16-18H2,1H3,(H,28,33)(H,30,34). The number of fused-ring (bicyclic) bond motifs is 3. The molecule has 0 spiro atoms. The van der Waals surface area contributed by atoms with Crippen LogP contribution >= 0.6 is 0 Å². The number of hydrogen-bond acceptors (Lipinski definition) is 3. The summed E-state index contributed by atoms with van der Waals surface area (Å²) in [4.78, 5) is 32.9. The first-order chi connectivity index (χ1) is 16.6. The smallest absolute Gasteiger partial charge is 0.324 e. The molecule has 0 bridgehead atoms. The van der Waals surface area contributed by atoms with Crippen molar-refractivity contribution in [3.8, 4) is 0 Å². The van der Waals surface area contributed by atoms with Crippen LogP contribution in [0.1, 0.15) is 24.1 Å². The van der Waals surface area contributed by atoms with Crippen molar-refractivity contribution in [3.05, 3.63) is 96.1 Å². The minimum Gasteiger partial charge on any atom is -0.348 e. The highest BCUT2D eigenvalue weighted by molar-refractivity contribution is 5.96. The van der Waals surface area contributed by atoms with E-state index in [0.717, 1.165) is 22.2 Å². The van der Waals surface area contributed by atoms with Crippen LogP contribution in [-0.4, -0.2) is 34.1 Å². The van der Waals surface area contributed by atoms with Gasteiger partial charge in [0.05, 0.1) is 17.1 Å². The SMILES string of the molecule is CC(NC(=O)C(Cc1ccccc1)NC(=O)N1CCn2c1nc1ccccc12)c1ccccc1. The van der Waals surface area contributed by atoms with Crippen molar-refractivity contribution in [2.75, 3.05) is 11.4 Å². The quantitative estimate of drug-likeness (QED) is 0.462. The normalized spacial score (nSPS) is 14.4. The van der Waals surface area contributed by atoms with Crippen LogP contribution in [0.4, 0.5) is 10.7 Å². The molecule has 3 amide bonds. The zero-order valence-electron chi connectivity index (χ0n) is 19.0. The maximum atomic E-state index is 13.3. The maximum absolute atomic E-state index is 13.3. The number of aromatic nitrogens is 2. The third-order valence-electron chi connectivity index (χ3n) is 6.22. The van der Waals surface area contributed by atoms with Gasteiger partial charge in [-0.2, -0.15) is 0 Å². The second-order valence-electron chi connectivity index (χ2n) is 8.54. The molecule has 2 N–H and O–H groups in total. The molecule has 34 heavy (non-hydrogen) atoms. The van der Waals surface area contributed by atoms with Gasteiger partial charge < -0.3 is 15.2 Å². The Balaban J connectivity index is 1.35. The zero-order valence-corrected chi connectivity index (χ0v) is 19.0. The third-order valence-corrected chi connectivity index (χ3v) is 6.22. The van der Waals surface area contributed by atoms with Crippen LogP contribution in [0.5, 0.6) is 0 Å². The Kier molecular flexibility index (Phi) is 5.99. The van der Waals surface area contributed by atoms with Gasteiger partial charge in [-0.25, -0.2) is 9.78 Å². The summed E-state index contributed by atoms with van der Waals surface area (Å²) in [6.45, 7) is 3.13. The lowest BCUT2D eigenvalue weighted by Gasteiger charge is -2.24. The molecule has 7 nitrogen and oxygen atoms in total. The Bertz CT molecular complexity index is 1300. The molecular formula is C27H27N5O2. The molecule has 172 valence electrons. The summed E-state index contributed by atoms with van der Waals surface area (Å²) in [7, 11) is 0. The molecule has 0 saturated carbocycles. The van der Waals surface area contributed by atoms with Crippen LogP contribution < -0.4 is 15.5 Å². The fourth-order valence-corrected chi connectivity index (χ4v) is 4.41. The number of rotatable bonds is 6. The largest absolute Gasteiger partial charge is 0.348 e. The van der Waals surface area contributed by atoms with E-state index in [-0.39, 0.29) is 18.0 Å². The summed E-state index contributed by atoms with van der Waals surface area (Å²) in [6, 6.07) is 26.1. The number of nitrogens with one attached hydrogen (secondary N) is 2. The monoisotopic (exact) mass is 453 g/mol. The number of benzene rings is 3. The van der Waals surface area contributed by atoms with Crippen LogP contribution in [0.25, 0.3) is 11.0 Å². The predicted molar refractivity (Wildman–Crippen MR) is 133 cm³/mol. The summed E-state index contributed by atoms with van der Waals surface area (Å²) >= 11 is 0. The molecule has 0 aliphatic carbocycles. The zero-order chi connectivity index (χ0) is 23.5. The van der Waals surface area contributed by atoms with Gasteiger partial charge in [-0.15, -0.1) is 0 Å². The van der Waals surface area contributed by atoms with E-state index >= 15 is 0 Å². The molecule has 1 aliphatic heterocycles. The lowest BCUT2D eigenvalue weighted by atomic mass is 10.0. The fraction of sp³-hybridized carbons (Fsp3) is 0.222. The van der Waals surface area contributed by atoms with Crippen LogP contribution in [0.2, 0.25) is 0 Å². The summed E-state index contributed by atoms with van der Waals surface area (Å²) in [5.41, 5.74) is 3.84. The van der Waals surface area contributed by atoms with Crippen LogP contribution in [0.3, 0.4) is 0 Å². The van der Waals surface area contributed by atoms with Gasteiger partial charge in [-0.1, -0.05) is 72.8 Å².